The van der Waals surface area contributed by atoms with E-state index in [1.165, 1.54) is 0 Å². The Labute approximate surface area is 122 Å². The summed E-state index contributed by atoms with van der Waals surface area (Å²) in [6.07, 6.45) is 0.587. The first-order valence-corrected chi connectivity index (χ1v) is 6.84. The first-order valence-electron chi connectivity index (χ1n) is 6.84. The highest BCUT2D eigenvalue weighted by atomic mass is 16.2. The van der Waals surface area contributed by atoms with E-state index in [1.807, 2.05) is 26.2 Å². The minimum atomic E-state index is -0.663. The average molecular weight is 287 g/mol. The maximum Gasteiger partial charge on any atom is 0.238 e. The molecule has 1 heterocycles. The van der Waals surface area contributed by atoms with Crippen molar-refractivity contribution in [3.8, 4) is 0 Å². The number of amides is 3. The van der Waals surface area contributed by atoms with Crippen molar-refractivity contribution < 1.29 is 14.4 Å². The van der Waals surface area contributed by atoms with Crippen molar-refractivity contribution in [2.45, 2.75) is 11.8 Å². The predicted octanol–water partition coefficient (Wildman–Crippen LogP) is 0.101. The Bertz CT molecular complexity index is 624. The van der Waals surface area contributed by atoms with E-state index >= 15 is 0 Å². The fourth-order valence-electron chi connectivity index (χ4n) is 2.93. The van der Waals surface area contributed by atoms with E-state index in [4.69, 9.17) is 0 Å². The topological polar surface area (TPSA) is 78.5 Å². The Hall–Kier alpha value is -2.21. The molecule has 2 unspecified atom stereocenters. The molecule has 1 aromatic carbocycles. The van der Waals surface area contributed by atoms with Crippen molar-refractivity contribution in [1.82, 2.24) is 10.2 Å². The first kappa shape index (κ1) is 13.8. The van der Waals surface area contributed by atoms with Gasteiger partial charge in [0.1, 0.15) is 0 Å². The van der Waals surface area contributed by atoms with E-state index in [9.17, 15) is 14.4 Å². The van der Waals surface area contributed by atoms with Gasteiger partial charge in [-0.25, -0.2) is 0 Å². The van der Waals surface area contributed by atoms with Crippen LogP contribution >= 0.6 is 0 Å². The van der Waals surface area contributed by atoms with E-state index in [0.29, 0.717) is 18.7 Å². The Morgan fingerprint density at radius 3 is 2.48 bits per heavy atom. The molecule has 6 heteroatoms. The van der Waals surface area contributed by atoms with Gasteiger partial charge in [0.15, 0.2) is 0 Å². The molecule has 3 amide bonds. The third-order valence-corrected chi connectivity index (χ3v) is 4.06. The second-order valence-corrected chi connectivity index (χ2v) is 5.91. The molecule has 1 aliphatic heterocycles. The summed E-state index contributed by atoms with van der Waals surface area (Å²) in [5.74, 6) is -0.701. The number of likely N-dealkylation sites (N-methyl/N-ethyl adjacent to an activating group) is 1. The summed E-state index contributed by atoms with van der Waals surface area (Å²) in [7, 11) is 3.65. The van der Waals surface area contributed by atoms with Gasteiger partial charge in [-0.15, -0.1) is 0 Å². The Morgan fingerprint density at radius 1 is 1.33 bits per heavy atom. The summed E-state index contributed by atoms with van der Waals surface area (Å²) in [6.45, 7) is 0.310. The number of fused-ring (bicyclic) bond motifs is 1. The van der Waals surface area contributed by atoms with E-state index in [-0.39, 0.29) is 23.6 Å². The largest absolute Gasteiger partial charge is 0.325 e. The van der Waals surface area contributed by atoms with Gasteiger partial charge in [0.2, 0.25) is 17.7 Å². The van der Waals surface area contributed by atoms with Crippen molar-refractivity contribution in [3.63, 3.8) is 0 Å². The number of imide groups is 1. The van der Waals surface area contributed by atoms with Crippen LogP contribution in [0, 0.1) is 5.92 Å². The molecule has 2 fully saturated rings. The zero-order valence-corrected chi connectivity index (χ0v) is 12.0. The number of anilines is 1. The number of hydrogen-bond acceptors (Lipinski definition) is 4. The Kier molecular flexibility index (Phi) is 3.06. The predicted molar refractivity (Wildman–Crippen MR) is 76.6 cm³/mol. The fourth-order valence-corrected chi connectivity index (χ4v) is 2.93. The van der Waals surface area contributed by atoms with Gasteiger partial charge >= 0.3 is 0 Å². The monoisotopic (exact) mass is 287 g/mol. The van der Waals surface area contributed by atoms with Crippen LogP contribution in [0.15, 0.2) is 24.3 Å². The fraction of sp³-hybridized carbons (Fsp3) is 0.400. The van der Waals surface area contributed by atoms with Crippen LogP contribution in [-0.2, 0) is 19.8 Å². The van der Waals surface area contributed by atoms with Gasteiger partial charge in [-0.1, -0.05) is 12.1 Å². The van der Waals surface area contributed by atoms with Crippen molar-refractivity contribution >= 4 is 23.4 Å². The lowest BCUT2D eigenvalue weighted by atomic mass is 9.94. The van der Waals surface area contributed by atoms with Gasteiger partial charge in [0, 0.05) is 5.69 Å². The normalized spacial score (nSPS) is 26.5. The third kappa shape index (κ3) is 2.21. The quantitative estimate of drug-likeness (QED) is 0.770. The van der Waals surface area contributed by atoms with Crippen LogP contribution in [0.2, 0.25) is 0 Å². The van der Waals surface area contributed by atoms with Crippen molar-refractivity contribution in [3.05, 3.63) is 29.8 Å². The molecule has 0 radical (unpaired) electrons. The summed E-state index contributed by atoms with van der Waals surface area (Å²) in [6, 6.07) is 7.15. The average Bonchev–Trinajstić information content (AvgIpc) is 3.10. The number of hydrogen-bond donors (Lipinski definition) is 2. The molecule has 6 nitrogen and oxygen atoms in total. The van der Waals surface area contributed by atoms with Gasteiger partial charge in [-0.2, -0.15) is 0 Å². The van der Waals surface area contributed by atoms with Gasteiger partial charge in [0.25, 0.3) is 0 Å². The number of nitrogens with zero attached hydrogens (tertiary/aromatic N) is 1. The number of benzene rings is 1. The number of carbonyl (C=O) groups is 3. The lowest BCUT2D eigenvalue weighted by Crippen LogP contribution is -2.30. The van der Waals surface area contributed by atoms with Crippen molar-refractivity contribution in [2.75, 3.05) is 26.0 Å². The van der Waals surface area contributed by atoms with Crippen LogP contribution in [0.4, 0.5) is 5.69 Å². The summed E-state index contributed by atoms with van der Waals surface area (Å²) in [5, 5.41) is 5.16. The molecule has 2 atom stereocenters. The van der Waals surface area contributed by atoms with Crippen LogP contribution in [0.1, 0.15) is 12.0 Å². The van der Waals surface area contributed by atoms with E-state index in [2.05, 4.69) is 10.6 Å². The van der Waals surface area contributed by atoms with Crippen LogP contribution in [-0.4, -0.2) is 43.3 Å². The van der Waals surface area contributed by atoms with Gasteiger partial charge in [-0.05, 0) is 38.2 Å². The lowest BCUT2D eigenvalue weighted by Gasteiger charge is -2.13. The molecule has 0 bridgehead atoms. The van der Waals surface area contributed by atoms with E-state index in [0.717, 1.165) is 5.56 Å². The zero-order valence-electron chi connectivity index (χ0n) is 12.0. The van der Waals surface area contributed by atoms with Crippen LogP contribution < -0.4 is 10.6 Å². The van der Waals surface area contributed by atoms with Gasteiger partial charge < -0.3 is 10.2 Å². The Morgan fingerprint density at radius 2 is 2.00 bits per heavy atom. The lowest BCUT2D eigenvalue weighted by molar-refractivity contribution is -0.127. The molecule has 2 aliphatic rings. The summed E-state index contributed by atoms with van der Waals surface area (Å²) >= 11 is 0. The molecule has 2 N–H and O–H groups in total. The smallest absolute Gasteiger partial charge is 0.238 e. The molecule has 0 aromatic heterocycles. The highest BCUT2D eigenvalue weighted by Gasteiger charge is 2.69. The van der Waals surface area contributed by atoms with Gasteiger partial charge in [-0.3, -0.25) is 19.7 Å². The minimum absolute atomic E-state index is 0.0935. The standard InChI is InChI=1S/C15H17N3O3/c1-18(2)8-12(19)16-10-5-3-9(4-6-10)15-7-11(15)13(20)17-14(15)21/h3-6,11H,7-8H2,1-2H3,(H,16,19)(H,17,20,21). The van der Waals surface area contributed by atoms with Crippen molar-refractivity contribution in [2.24, 2.45) is 5.92 Å². The molecule has 1 aliphatic carbocycles. The second kappa shape index (κ2) is 4.66. The molecule has 0 spiro atoms. The molecule has 1 saturated carbocycles. The number of carbonyl (C=O) groups excluding carboxylic acids is 3. The van der Waals surface area contributed by atoms with E-state index < -0.39 is 5.41 Å². The second-order valence-electron chi connectivity index (χ2n) is 5.91. The summed E-state index contributed by atoms with van der Waals surface area (Å²) in [5.41, 5.74) is 0.855. The SMILES string of the molecule is CN(C)CC(=O)Nc1ccc(C23CC2C(=O)NC3=O)cc1. The molecular weight excluding hydrogens is 270 g/mol. The minimum Gasteiger partial charge on any atom is -0.325 e. The van der Waals surface area contributed by atoms with Crippen LogP contribution in [0.3, 0.4) is 0 Å². The number of piperidine rings is 1. The molecule has 110 valence electrons. The van der Waals surface area contributed by atoms with Crippen LogP contribution in [0.25, 0.3) is 0 Å². The van der Waals surface area contributed by atoms with Crippen molar-refractivity contribution in [1.29, 1.82) is 0 Å². The van der Waals surface area contributed by atoms with E-state index in [1.54, 1.807) is 17.0 Å². The maximum atomic E-state index is 11.9. The first-order chi connectivity index (χ1) is 9.93. The highest BCUT2D eigenvalue weighted by Crippen LogP contribution is 2.57. The molecule has 1 saturated heterocycles. The third-order valence-electron chi connectivity index (χ3n) is 4.06. The summed E-state index contributed by atoms with van der Waals surface area (Å²) < 4.78 is 0. The number of nitrogens with one attached hydrogen (secondary N) is 2. The zero-order chi connectivity index (χ0) is 15.2. The van der Waals surface area contributed by atoms with Crippen LogP contribution in [0.5, 0.6) is 0 Å². The molecule has 1 aromatic rings. The molecule has 21 heavy (non-hydrogen) atoms. The highest BCUT2D eigenvalue weighted by molar-refractivity contribution is 6.15. The maximum absolute atomic E-state index is 11.9. The Balaban J connectivity index is 1.73. The molecule has 3 rings (SSSR count). The van der Waals surface area contributed by atoms with Gasteiger partial charge in [0.05, 0.1) is 17.9 Å². The number of rotatable bonds is 4. The summed E-state index contributed by atoms with van der Waals surface area (Å²) in [4.78, 5) is 36.9. The molecular formula is C15H17N3O3.